The molecule has 0 atom stereocenters. The highest BCUT2D eigenvalue weighted by molar-refractivity contribution is 7.99. The number of thioether (sulfide) groups is 1. The maximum atomic E-state index is 13.3. The summed E-state index contributed by atoms with van der Waals surface area (Å²) in [4.78, 5) is 11.6. The third kappa shape index (κ3) is 5.50. The van der Waals surface area contributed by atoms with E-state index < -0.39 is 0 Å². The Labute approximate surface area is 137 Å². The average molecular weight is 337 g/mol. The number of carbonyl (C=O) groups is 1. The first kappa shape index (κ1) is 16.5. The number of benzene rings is 2. The van der Waals surface area contributed by atoms with Crippen molar-refractivity contribution in [2.75, 3.05) is 5.75 Å². The van der Waals surface area contributed by atoms with Gasteiger partial charge in [0, 0.05) is 16.3 Å². The molecule has 22 heavy (non-hydrogen) atoms. The smallest absolute Gasteiger partial charge is 0.250 e. The van der Waals surface area contributed by atoms with Gasteiger partial charge in [0.15, 0.2) is 0 Å². The van der Waals surface area contributed by atoms with Crippen molar-refractivity contribution in [3.8, 4) is 0 Å². The van der Waals surface area contributed by atoms with E-state index in [9.17, 15) is 9.18 Å². The molecule has 6 heteroatoms. The van der Waals surface area contributed by atoms with Gasteiger partial charge in [0.25, 0.3) is 0 Å². The molecule has 0 bridgehead atoms. The Bertz CT molecular complexity index is 661. The molecule has 1 amide bonds. The molecule has 0 heterocycles. The maximum absolute atomic E-state index is 13.3. The van der Waals surface area contributed by atoms with E-state index >= 15 is 0 Å². The van der Waals surface area contributed by atoms with Gasteiger partial charge in [0.2, 0.25) is 5.91 Å². The van der Waals surface area contributed by atoms with Gasteiger partial charge in [-0.05, 0) is 23.8 Å². The lowest BCUT2D eigenvalue weighted by Gasteiger charge is -2.02. The fourth-order valence-electron chi connectivity index (χ4n) is 1.63. The first-order valence-corrected chi connectivity index (χ1v) is 8.07. The lowest BCUT2D eigenvalue weighted by molar-refractivity contribution is -0.118. The van der Waals surface area contributed by atoms with E-state index in [4.69, 9.17) is 11.6 Å². The Morgan fingerprint density at radius 3 is 2.68 bits per heavy atom. The SMILES string of the molecule is O=C(CSCc1ccc(Cl)cc1)N/N=C\c1ccccc1F. The number of amides is 1. The zero-order valence-corrected chi connectivity index (χ0v) is 13.2. The van der Waals surface area contributed by atoms with Crippen molar-refractivity contribution < 1.29 is 9.18 Å². The summed E-state index contributed by atoms with van der Waals surface area (Å²) in [5.41, 5.74) is 3.80. The number of hydrogen-bond acceptors (Lipinski definition) is 3. The molecular weight excluding hydrogens is 323 g/mol. The third-order valence-electron chi connectivity index (χ3n) is 2.71. The van der Waals surface area contributed by atoms with Crippen LogP contribution in [0.3, 0.4) is 0 Å². The summed E-state index contributed by atoms with van der Waals surface area (Å²) in [6.07, 6.45) is 1.29. The van der Waals surface area contributed by atoms with Crippen LogP contribution >= 0.6 is 23.4 Å². The summed E-state index contributed by atoms with van der Waals surface area (Å²) in [5, 5.41) is 4.43. The van der Waals surface area contributed by atoms with Crippen LogP contribution in [0.2, 0.25) is 5.02 Å². The minimum atomic E-state index is -0.377. The van der Waals surface area contributed by atoms with Crippen molar-refractivity contribution in [2.45, 2.75) is 5.75 Å². The van der Waals surface area contributed by atoms with E-state index in [-0.39, 0.29) is 17.5 Å². The molecular formula is C16H14ClFN2OS. The molecule has 2 aromatic rings. The molecule has 114 valence electrons. The second-order valence-electron chi connectivity index (χ2n) is 4.43. The standard InChI is InChI=1S/C16H14ClFN2OS/c17-14-7-5-12(6-8-14)10-22-11-16(21)20-19-9-13-3-1-2-4-15(13)18/h1-9H,10-11H2,(H,20,21)/b19-9-. The topological polar surface area (TPSA) is 41.5 Å². The van der Waals surface area contributed by atoms with E-state index in [1.807, 2.05) is 24.3 Å². The van der Waals surface area contributed by atoms with Crippen LogP contribution in [0.15, 0.2) is 53.6 Å². The molecule has 0 unspecified atom stereocenters. The van der Waals surface area contributed by atoms with Crippen LogP contribution in [0, 0.1) is 5.82 Å². The summed E-state index contributed by atoms with van der Waals surface area (Å²) in [6.45, 7) is 0. The van der Waals surface area contributed by atoms with Gasteiger partial charge in [0.1, 0.15) is 5.82 Å². The van der Waals surface area contributed by atoms with E-state index in [1.165, 1.54) is 24.0 Å². The van der Waals surface area contributed by atoms with E-state index in [0.717, 1.165) is 5.56 Å². The van der Waals surface area contributed by atoms with Crippen LogP contribution in [0.1, 0.15) is 11.1 Å². The maximum Gasteiger partial charge on any atom is 0.250 e. The summed E-state index contributed by atoms with van der Waals surface area (Å²) >= 11 is 7.27. The van der Waals surface area contributed by atoms with Crippen molar-refractivity contribution in [3.05, 3.63) is 70.5 Å². The number of nitrogens with zero attached hydrogens (tertiary/aromatic N) is 1. The summed E-state index contributed by atoms with van der Waals surface area (Å²) in [5.74, 6) is 0.378. The zero-order valence-electron chi connectivity index (χ0n) is 11.6. The Morgan fingerprint density at radius 1 is 1.23 bits per heavy atom. The fraction of sp³-hybridized carbons (Fsp3) is 0.125. The molecule has 0 spiro atoms. The minimum Gasteiger partial charge on any atom is -0.272 e. The molecule has 0 saturated carbocycles. The van der Waals surface area contributed by atoms with Gasteiger partial charge < -0.3 is 0 Å². The summed E-state index contributed by atoms with van der Waals surface area (Å²) in [6, 6.07) is 13.7. The molecule has 2 rings (SSSR count). The Morgan fingerprint density at radius 2 is 1.95 bits per heavy atom. The van der Waals surface area contributed by atoms with Gasteiger partial charge in [-0.25, -0.2) is 9.82 Å². The number of hydrogen-bond donors (Lipinski definition) is 1. The molecule has 2 aromatic carbocycles. The molecule has 0 aliphatic heterocycles. The summed E-state index contributed by atoms with van der Waals surface area (Å²) < 4.78 is 13.3. The van der Waals surface area contributed by atoms with Crippen LogP contribution in [-0.4, -0.2) is 17.9 Å². The van der Waals surface area contributed by atoms with Crippen molar-refractivity contribution in [1.82, 2.24) is 5.43 Å². The predicted molar refractivity (Wildman–Crippen MR) is 89.8 cm³/mol. The zero-order chi connectivity index (χ0) is 15.8. The van der Waals surface area contributed by atoms with Gasteiger partial charge in [0.05, 0.1) is 12.0 Å². The lowest BCUT2D eigenvalue weighted by Crippen LogP contribution is -2.19. The molecule has 0 aliphatic carbocycles. The second-order valence-corrected chi connectivity index (χ2v) is 5.86. The number of nitrogens with one attached hydrogen (secondary N) is 1. The van der Waals surface area contributed by atoms with Gasteiger partial charge in [-0.1, -0.05) is 41.9 Å². The summed E-state index contributed by atoms with van der Waals surface area (Å²) in [7, 11) is 0. The number of halogens is 2. The number of hydrazone groups is 1. The quantitative estimate of drug-likeness (QED) is 0.643. The molecule has 0 radical (unpaired) electrons. The Hall–Kier alpha value is -1.85. The number of carbonyl (C=O) groups excluding carboxylic acids is 1. The van der Waals surface area contributed by atoms with Gasteiger partial charge in [-0.2, -0.15) is 5.10 Å². The lowest BCUT2D eigenvalue weighted by atomic mass is 10.2. The van der Waals surface area contributed by atoms with Gasteiger partial charge in [-0.15, -0.1) is 11.8 Å². The largest absolute Gasteiger partial charge is 0.272 e. The molecule has 0 aromatic heterocycles. The average Bonchev–Trinajstić information content (AvgIpc) is 2.51. The fourth-order valence-corrected chi connectivity index (χ4v) is 2.53. The van der Waals surface area contributed by atoms with Crippen molar-refractivity contribution in [3.63, 3.8) is 0 Å². The van der Waals surface area contributed by atoms with Crippen molar-refractivity contribution in [1.29, 1.82) is 0 Å². The van der Waals surface area contributed by atoms with Crippen LogP contribution in [0.25, 0.3) is 0 Å². The highest BCUT2D eigenvalue weighted by atomic mass is 35.5. The molecule has 0 fully saturated rings. The Balaban J connectivity index is 1.72. The highest BCUT2D eigenvalue weighted by Crippen LogP contribution is 2.15. The molecule has 0 aliphatic rings. The van der Waals surface area contributed by atoms with E-state index in [1.54, 1.807) is 18.2 Å². The Kier molecular flexibility index (Phi) is 6.43. The molecule has 3 nitrogen and oxygen atoms in total. The van der Waals surface area contributed by atoms with Crippen molar-refractivity contribution in [2.24, 2.45) is 5.10 Å². The van der Waals surface area contributed by atoms with Crippen LogP contribution in [0.5, 0.6) is 0 Å². The van der Waals surface area contributed by atoms with Gasteiger partial charge >= 0.3 is 0 Å². The van der Waals surface area contributed by atoms with Crippen molar-refractivity contribution >= 4 is 35.5 Å². The predicted octanol–water partition coefficient (Wildman–Crippen LogP) is 3.86. The number of rotatable bonds is 6. The van der Waals surface area contributed by atoms with Crippen LogP contribution in [-0.2, 0) is 10.5 Å². The first-order chi connectivity index (χ1) is 10.6. The second kappa shape index (κ2) is 8.56. The molecule has 0 saturated heterocycles. The third-order valence-corrected chi connectivity index (χ3v) is 3.97. The van der Waals surface area contributed by atoms with Crippen LogP contribution < -0.4 is 5.43 Å². The first-order valence-electron chi connectivity index (χ1n) is 6.54. The highest BCUT2D eigenvalue weighted by Gasteiger charge is 2.01. The minimum absolute atomic E-state index is 0.230. The van der Waals surface area contributed by atoms with E-state index in [2.05, 4.69) is 10.5 Å². The molecule has 1 N–H and O–H groups in total. The normalized spacial score (nSPS) is 10.8. The van der Waals surface area contributed by atoms with E-state index in [0.29, 0.717) is 16.3 Å². The monoisotopic (exact) mass is 336 g/mol. The van der Waals surface area contributed by atoms with Crippen LogP contribution in [0.4, 0.5) is 4.39 Å². The van der Waals surface area contributed by atoms with Gasteiger partial charge in [-0.3, -0.25) is 4.79 Å².